The monoisotopic (exact) mass is 336 g/mol. The molecule has 0 aliphatic carbocycles. The summed E-state index contributed by atoms with van der Waals surface area (Å²) >= 11 is 0. The molecule has 0 aromatic carbocycles. The van der Waals surface area contributed by atoms with Gasteiger partial charge in [-0.1, -0.05) is 6.92 Å². The van der Waals surface area contributed by atoms with Gasteiger partial charge in [0.15, 0.2) is 5.65 Å². The van der Waals surface area contributed by atoms with E-state index in [9.17, 15) is 13.6 Å². The minimum Gasteiger partial charge on any atom is -0.341 e. The van der Waals surface area contributed by atoms with Crippen LogP contribution in [0.1, 0.15) is 43.1 Å². The van der Waals surface area contributed by atoms with Crippen LogP contribution in [0.25, 0.3) is 11.0 Å². The van der Waals surface area contributed by atoms with Crippen molar-refractivity contribution in [3.8, 4) is 0 Å². The molecule has 0 unspecified atom stereocenters. The summed E-state index contributed by atoms with van der Waals surface area (Å²) in [6, 6.07) is 1.39. The average molecular weight is 336 g/mol. The number of alkyl halides is 2. The van der Waals surface area contributed by atoms with E-state index in [-0.39, 0.29) is 18.0 Å². The summed E-state index contributed by atoms with van der Waals surface area (Å²) < 4.78 is 28.1. The van der Waals surface area contributed by atoms with Crippen molar-refractivity contribution >= 4 is 16.9 Å². The van der Waals surface area contributed by atoms with Crippen molar-refractivity contribution in [2.24, 2.45) is 5.92 Å². The zero-order valence-electron chi connectivity index (χ0n) is 14.2. The van der Waals surface area contributed by atoms with Crippen molar-refractivity contribution in [1.82, 2.24) is 19.7 Å². The molecular formula is C17H22F2N4O. The van der Waals surface area contributed by atoms with Crippen LogP contribution in [0.5, 0.6) is 0 Å². The van der Waals surface area contributed by atoms with Crippen LogP contribution in [0.3, 0.4) is 0 Å². The molecule has 0 N–H and O–H groups in total. The fraction of sp³-hybridized carbons (Fsp3) is 0.588. The van der Waals surface area contributed by atoms with Gasteiger partial charge in [0, 0.05) is 24.3 Å². The molecular weight excluding hydrogens is 314 g/mol. The number of nitrogens with zero attached hydrogens (tertiary/aromatic N) is 4. The second-order valence-corrected chi connectivity index (χ2v) is 6.66. The number of fused-ring (bicyclic) bond motifs is 1. The third-order valence-electron chi connectivity index (χ3n) is 4.69. The van der Waals surface area contributed by atoms with Crippen LogP contribution in [-0.2, 0) is 11.3 Å². The van der Waals surface area contributed by atoms with Crippen molar-refractivity contribution in [1.29, 1.82) is 0 Å². The number of aryl methyl sites for hydroxylation is 2. The quantitative estimate of drug-likeness (QED) is 0.864. The molecule has 24 heavy (non-hydrogen) atoms. The number of piperidine rings is 1. The highest BCUT2D eigenvalue weighted by Crippen LogP contribution is 2.30. The van der Waals surface area contributed by atoms with E-state index >= 15 is 0 Å². The maximum Gasteiger partial charge on any atom is 0.264 e. The third-order valence-corrected chi connectivity index (χ3v) is 4.69. The molecule has 3 heterocycles. The second-order valence-electron chi connectivity index (χ2n) is 6.66. The summed E-state index contributed by atoms with van der Waals surface area (Å²) in [6.07, 6.45) is -0.598. The fourth-order valence-electron chi connectivity index (χ4n) is 3.29. The van der Waals surface area contributed by atoms with E-state index in [0.717, 1.165) is 25.9 Å². The lowest BCUT2D eigenvalue weighted by molar-refractivity contribution is -0.133. The summed E-state index contributed by atoms with van der Waals surface area (Å²) in [4.78, 5) is 18.7. The maximum atomic E-state index is 13.3. The number of pyridine rings is 1. The Labute approximate surface area is 139 Å². The molecule has 0 saturated carbocycles. The van der Waals surface area contributed by atoms with E-state index in [0.29, 0.717) is 28.3 Å². The van der Waals surface area contributed by atoms with Gasteiger partial charge in [-0.25, -0.2) is 18.4 Å². The normalized spacial score (nSPS) is 16.3. The first-order chi connectivity index (χ1) is 11.4. The third kappa shape index (κ3) is 3.12. The van der Waals surface area contributed by atoms with Crippen LogP contribution in [0.15, 0.2) is 6.07 Å². The maximum absolute atomic E-state index is 13.3. The molecule has 1 saturated heterocycles. The van der Waals surface area contributed by atoms with Gasteiger partial charge < -0.3 is 4.90 Å². The molecule has 0 radical (unpaired) electrons. The van der Waals surface area contributed by atoms with E-state index in [2.05, 4.69) is 17.0 Å². The van der Waals surface area contributed by atoms with Gasteiger partial charge in [0.2, 0.25) is 5.91 Å². The zero-order chi connectivity index (χ0) is 17.4. The van der Waals surface area contributed by atoms with Gasteiger partial charge in [0.05, 0.1) is 11.1 Å². The largest absolute Gasteiger partial charge is 0.341 e. The van der Waals surface area contributed by atoms with Crippen LogP contribution in [0.4, 0.5) is 8.78 Å². The molecule has 2 aromatic heterocycles. The predicted molar refractivity (Wildman–Crippen MR) is 86.9 cm³/mol. The molecule has 1 aliphatic heterocycles. The molecule has 0 spiro atoms. The van der Waals surface area contributed by atoms with Crippen molar-refractivity contribution in [3.63, 3.8) is 0 Å². The molecule has 130 valence electrons. The molecule has 7 heteroatoms. The Kier molecular flexibility index (Phi) is 4.51. The Balaban J connectivity index is 1.91. The summed E-state index contributed by atoms with van der Waals surface area (Å²) in [6.45, 7) is 7.06. The van der Waals surface area contributed by atoms with Gasteiger partial charge in [0.1, 0.15) is 6.54 Å². The summed E-state index contributed by atoms with van der Waals surface area (Å²) in [5.74, 6) is 0.605. The Hall–Kier alpha value is -2.05. The van der Waals surface area contributed by atoms with Crippen molar-refractivity contribution < 1.29 is 13.6 Å². The minimum atomic E-state index is -2.59. The first kappa shape index (κ1) is 16.8. The highest BCUT2D eigenvalue weighted by molar-refractivity contribution is 5.84. The molecule has 1 amide bonds. The van der Waals surface area contributed by atoms with Crippen molar-refractivity contribution in [2.75, 3.05) is 13.1 Å². The number of hydrogen-bond donors (Lipinski definition) is 0. The summed E-state index contributed by atoms with van der Waals surface area (Å²) in [5.41, 5.74) is 1.27. The highest BCUT2D eigenvalue weighted by atomic mass is 19.3. The Bertz CT molecular complexity index is 764. The van der Waals surface area contributed by atoms with Crippen LogP contribution >= 0.6 is 0 Å². The van der Waals surface area contributed by atoms with Crippen LogP contribution < -0.4 is 0 Å². The zero-order valence-corrected chi connectivity index (χ0v) is 14.2. The van der Waals surface area contributed by atoms with Crippen LogP contribution in [-0.4, -0.2) is 38.7 Å². The number of carbonyl (C=O) groups excluding carboxylic acids is 1. The topological polar surface area (TPSA) is 51.0 Å². The summed E-state index contributed by atoms with van der Waals surface area (Å²) in [5, 5.41) is 4.65. The van der Waals surface area contributed by atoms with Crippen LogP contribution in [0, 0.1) is 19.8 Å². The van der Waals surface area contributed by atoms with Gasteiger partial charge in [-0.3, -0.25) is 4.79 Å². The molecule has 5 nitrogen and oxygen atoms in total. The van der Waals surface area contributed by atoms with Gasteiger partial charge >= 0.3 is 0 Å². The molecule has 3 rings (SSSR count). The Morgan fingerprint density at radius 2 is 2.00 bits per heavy atom. The molecule has 1 fully saturated rings. The number of amides is 1. The van der Waals surface area contributed by atoms with Gasteiger partial charge in [0.25, 0.3) is 6.43 Å². The second kappa shape index (κ2) is 6.45. The van der Waals surface area contributed by atoms with Gasteiger partial charge in [-0.2, -0.15) is 5.10 Å². The smallest absolute Gasteiger partial charge is 0.264 e. The molecule has 0 atom stereocenters. The van der Waals surface area contributed by atoms with E-state index in [1.54, 1.807) is 13.8 Å². The van der Waals surface area contributed by atoms with Gasteiger partial charge in [-0.15, -0.1) is 0 Å². The number of aromatic nitrogens is 3. The fourth-order valence-corrected chi connectivity index (χ4v) is 3.29. The lowest BCUT2D eigenvalue weighted by Crippen LogP contribution is -2.39. The van der Waals surface area contributed by atoms with E-state index in [4.69, 9.17) is 0 Å². The standard InChI is InChI=1S/C17H22F2N4O/c1-10-4-6-22(7-5-10)14(24)9-23-17-15(12(3)21-23)13(16(18)19)8-11(2)20-17/h8,10,16H,4-7,9H2,1-3H3. The number of halogens is 2. The molecule has 1 aliphatic rings. The first-order valence-corrected chi connectivity index (χ1v) is 8.27. The Morgan fingerprint density at radius 1 is 1.33 bits per heavy atom. The lowest BCUT2D eigenvalue weighted by Gasteiger charge is -2.30. The number of rotatable bonds is 3. The number of hydrogen-bond acceptors (Lipinski definition) is 3. The predicted octanol–water partition coefficient (Wildman–Crippen LogP) is 3.24. The lowest BCUT2D eigenvalue weighted by atomic mass is 9.99. The van der Waals surface area contributed by atoms with Gasteiger partial charge in [-0.05, 0) is 38.7 Å². The number of likely N-dealkylation sites (tertiary alicyclic amines) is 1. The molecule has 0 bridgehead atoms. The Morgan fingerprint density at radius 3 is 2.62 bits per heavy atom. The average Bonchev–Trinajstić information content (AvgIpc) is 2.83. The first-order valence-electron chi connectivity index (χ1n) is 8.27. The highest BCUT2D eigenvalue weighted by Gasteiger charge is 2.24. The number of carbonyl (C=O) groups is 1. The van der Waals surface area contributed by atoms with E-state index in [1.807, 2.05) is 4.90 Å². The van der Waals surface area contributed by atoms with Crippen molar-refractivity contribution in [2.45, 2.75) is 46.6 Å². The van der Waals surface area contributed by atoms with Crippen LogP contribution in [0.2, 0.25) is 0 Å². The van der Waals surface area contributed by atoms with Crippen molar-refractivity contribution in [3.05, 3.63) is 23.0 Å². The molecule has 2 aromatic rings. The van der Waals surface area contributed by atoms with E-state index < -0.39 is 6.43 Å². The minimum absolute atomic E-state index is 0.0341. The SMILES string of the molecule is Cc1cc(C(F)F)c2c(C)nn(CC(=O)N3CCC(C)CC3)c2n1. The summed E-state index contributed by atoms with van der Waals surface area (Å²) in [7, 11) is 0. The van der Waals surface area contributed by atoms with E-state index in [1.165, 1.54) is 10.7 Å².